The highest BCUT2D eigenvalue weighted by atomic mass is 32.2. The van der Waals surface area contributed by atoms with Crippen molar-refractivity contribution in [3.63, 3.8) is 0 Å². The van der Waals surface area contributed by atoms with Gasteiger partial charge in [0.1, 0.15) is 5.01 Å². The molecule has 0 radical (unpaired) electrons. The molecule has 6 heteroatoms. The molecular weight excluding hydrogens is 314 g/mol. The Bertz CT molecular complexity index is 599. The number of ether oxygens (including phenoxy) is 1. The van der Waals surface area contributed by atoms with Crippen LogP contribution in [0.4, 0.5) is 0 Å². The number of likely N-dealkylation sites (tertiary alicyclic amines) is 1. The first-order valence-electron chi connectivity index (χ1n) is 7.57. The zero-order valence-corrected chi connectivity index (χ0v) is 14.0. The van der Waals surface area contributed by atoms with Crippen LogP contribution in [0.5, 0.6) is 0 Å². The van der Waals surface area contributed by atoms with Crippen molar-refractivity contribution in [3.8, 4) is 0 Å². The largest absolute Gasteiger partial charge is 0.373 e. The molecule has 4 rings (SSSR count). The molecule has 0 saturated carbocycles. The van der Waals surface area contributed by atoms with Crippen LogP contribution in [-0.2, 0) is 17.9 Å². The fourth-order valence-electron chi connectivity index (χ4n) is 3.23. The molecule has 0 aromatic carbocycles. The van der Waals surface area contributed by atoms with Crippen molar-refractivity contribution in [1.82, 2.24) is 14.9 Å². The fraction of sp³-hybridized carbons (Fsp3) is 0.500. The normalized spacial score (nSPS) is 23.7. The molecule has 0 amide bonds. The van der Waals surface area contributed by atoms with Crippen LogP contribution in [0.1, 0.15) is 17.0 Å². The van der Waals surface area contributed by atoms with Crippen molar-refractivity contribution in [2.45, 2.75) is 30.4 Å². The summed E-state index contributed by atoms with van der Waals surface area (Å²) < 4.78 is 6.51. The lowest BCUT2D eigenvalue weighted by Gasteiger charge is -2.47. The second-order valence-electron chi connectivity index (χ2n) is 6.06. The van der Waals surface area contributed by atoms with E-state index in [9.17, 15) is 0 Å². The van der Waals surface area contributed by atoms with E-state index in [0.717, 1.165) is 12.3 Å². The summed E-state index contributed by atoms with van der Waals surface area (Å²) in [6.45, 7) is 4.05. The minimum Gasteiger partial charge on any atom is -0.373 e. The molecule has 1 unspecified atom stereocenters. The molecule has 0 bridgehead atoms. The molecule has 2 aromatic rings. The van der Waals surface area contributed by atoms with Crippen LogP contribution in [0.2, 0.25) is 0 Å². The van der Waals surface area contributed by atoms with Crippen molar-refractivity contribution < 1.29 is 4.74 Å². The average molecular weight is 333 g/mol. The predicted octanol–water partition coefficient (Wildman–Crippen LogP) is 2.81. The Balaban J connectivity index is 1.23. The Hall–Kier alpha value is -0.950. The van der Waals surface area contributed by atoms with E-state index in [1.54, 1.807) is 11.3 Å². The number of aromatic nitrogens is 2. The molecule has 2 aromatic heterocycles. The van der Waals surface area contributed by atoms with Crippen molar-refractivity contribution >= 4 is 23.1 Å². The highest BCUT2D eigenvalue weighted by Gasteiger charge is 2.49. The van der Waals surface area contributed by atoms with E-state index in [0.29, 0.717) is 17.5 Å². The van der Waals surface area contributed by atoms with Crippen LogP contribution in [0, 0.1) is 0 Å². The SMILES string of the molecule is c1cc(COC2CSC3(C2)CN(Cc2nccs2)C3)ccn1. The van der Waals surface area contributed by atoms with Gasteiger partial charge in [0.05, 0.1) is 19.3 Å². The lowest BCUT2D eigenvalue weighted by molar-refractivity contribution is 0.0264. The molecule has 2 aliphatic heterocycles. The summed E-state index contributed by atoms with van der Waals surface area (Å²) >= 11 is 3.84. The number of pyridine rings is 1. The Kier molecular flexibility index (Phi) is 4.17. The Morgan fingerprint density at radius 2 is 2.14 bits per heavy atom. The second-order valence-corrected chi connectivity index (χ2v) is 8.52. The Morgan fingerprint density at radius 3 is 2.91 bits per heavy atom. The first-order chi connectivity index (χ1) is 10.8. The summed E-state index contributed by atoms with van der Waals surface area (Å²) in [5.41, 5.74) is 1.21. The summed E-state index contributed by atoms with van der Waals surface area (Å²) in [6.07, 6.45) is 7.11. The van der Waals surface area contributed by atoms with Gasteiger partial charge in [0.15, 0.2) is 0 Å². The van der Waals surface area contributed by atoms with Gasteiger partial charge in [-0.2, -0.15) is 0 Å². The minimum absolute atomic E-state index is 0.389. The molecule has 4 heterocycles. The van der Waals surface area contributed by atoms with Gasteiger partial charge in [-0.15, -0.1) is 23.1 Å². The standard InChI is InChI=1S/C16H19N3OS2/c1-3-17-4-2-13(1)9-20-14-7-16(22-10-14)11-19(12-16)8-15-18-5-6-21-15/h1-6,14H,7-12H2. The molecular formula is C16H19N3OS2. The van der Waals surface area contributed by atoms with Crippen LogP contribution in [0.15, 0.2) is 36.1 Å². The quantitative estimate of drug-likeness (QED) is 0.841. The van der Waals surface area contributed by atoms with Gasteiger partial charge in [0.2, 0.25) is 0 Å². The maximum atomic E-state index is 6.08. The van der Waals surface area contributed by atoms with Gasteiger partial charge < -0.3 is 4.74 Å². The van der Waals surface area contributed by atoms with E-state index in [1.165, 1.54) is 30.1 Å². The minimum atomic E-state index is 0.389. The van der Waals surface area contributed by atoms with Gasteiger partial charge >= 0.3 is 0 Å². The molecule has 116 valence electrons. The Morgan fingerprint density at radius 1 is 1.27 bits per heavy atom. The van der Waals surface area contributed by atoms with Gasteiger partial charge in [-0.1, -0.05) is 0 Å². The van der Waals surface area contributed by atoms with E-state index >= 15 is 0 Å². The van der Waals surface area contributed by atoms with E-state index in [-0.39, 0.29) is 0 Å². The zero-order chi connectivity index (χ0) is 14.8. The lowest BCUT2D eigenvalue weighted by Crippen LogP contribution is -2.58. The fourth-order valence-corrected chi connectivity index (χ4v) is 5.49. The van der Waals surface area contributed by atoms with Crippen molar-refractivity contribution in [3.05, 3.63) is 46.7 Å². The van der Waals surface area contributed by atoms with E-state index in [2.05, 4.69) is 32.0 Å². The summed E-state index contributed by atoms with van der Waals surface area (Å²) in [5.74, 6) is 1.12. The number of hydrogen-bond acceptors (Lipinski definition) is 6. The van der Waals surface area contributed by atoms with Crippen molar-refractivity contribution in [2.75, 3.05) is 18.8 Å². The number of rotatable bonds is 5. The molecule has 1 atom stereocenters. The third-order valence-electron chi connectivity index (χ3n) is 4.28. The Labute approximate surface area is 138 Å². The molecule has 0 aliphatic carbocycles. The molecule has 2 aliphatic rings. The second kappa shape index (κ2) is 6.28. The molecule has 2 fully saturated rings. The summed E-state index contributed by atoms with van der Waals surface area (Å²) in [6, 6.07) is 4.05. The number of thiazole rings is 1. The van der Waals surface area contributed by atoms with E-state index in [1.807, 2.05) is 30.7 Å². The smallest absolute Gasteiger partial charge is 0.107 e. The zero-order valence-electron chi connectivity index (χ0n) is 12.4. The van der Waals surface area contributed by atoms with Crippen LogP contribution in [0.25, 0.3) is 0 Å². The monoisotopic (exact) mass is 333 g/mol. The van der Waals surface area contributed by atoms with Gasteiger partial charge in [0.25, 0.3) is 0 Å². The predicted molar refractivity (Wildman–Crippen MR) is 90.0 cm³/mol. The first-order valence-corrected chi connectivity index (χ1v) is 9.43. The third-order valence-corrected chi connectivity index (χ3v) is 6.62. The van der Waals surface area contributed by atoms with Crippen LogP contribution in [-0.4, -0.2) is 44.6 Å². The van der Waals surface area contributed by atoms with Gasteiger partial charge in [-0.3, -0.25) is 9.88 Å². The van der Waals surface area contributed by atoms with E-state index in [4.69, 9.17) is 4.74 Å². The van der Waals surface area contributed by atoms with Crippen LogP contribution in [0.3, 0.4) is 0 Å². The van der Waals surface area contributed by atoms with Gasteiger partial charge in [-0.05, 0) is 24.1 Å². The molecule has 2 saturated heterocycles. The molecule has 4 nitrogen and oxygen atoms in total. The molecule has 22 heavy (non-hydrogen) atoms. The number of hydrogen-bond donors (Lipinski definition) is 0. The molecule has 1 spiro atoms. The maximum Gasteiger partial charge on any atom is 0.107 e. The van der Waals surface area contributed by atoms with Crippen LogP contribution >= 0.6 is 23.1 Å². The van der Waals surface area contributed by atoms with E-state index < -0.39 is 0 Å². The average Bonchev–Trinajstić information content (AvgIpc) is 3.16. The highest BCUT2D eigenvalue weighted by molar-refractivity contribution is 8.01. The summed E-state index contributed by atoms with van der Waals surface area (Å²) in [5, 5.41) is 3.28. The lowest BCUT2D eigenvalue weighted by atomic mass is 9.93. The first kappa shape index (κ1) is 14.6. The molecule has 0 N–H and O–H groups in total. The highest BCUT2D eigenvalue weighted by Crippen LogP contribution is 2.46. The maximum absolute atomic E-state index is 6.08. The van der Waals surface area contributed by atoms with Crippen molar-refractivity contribution in [2.24, 2.45) is 0 Å². The van der Waals surface area contributed by atoms with Gasteiger partial charge in [-0.25, -0.2) is 4.98 Å². The summed E-state index contributed by atoms with van der Waals surface area (Å²) in [4.78, 5) is 10.9. The van der Waals surface area contributed by atoms with Gasteiger partial charge in [0, 0.05) is 47.6 Å². The third kappa shape index (κ3) is 3.20. The summed E-state index contributed by atoms with van der Waals surface area (Å²) in [7, 11) is 0. The number of thioether (sulfide) groups is 1. The van der Waals surface area contributed by atoms with Crippen molar-refractivity contribution in [1.29, 1.82) is 0 Å². The number of nitrogens with zero attached hydrogens (tertiary/aromatic N) is 3. The van der Waals surface area contributed by atoms with Crippen LogP contribution < -0.4 is 0 Å². The topological polar surface area (TPSA) is 38.2 Å².